The van der Waals surface area contributed by atoms with Gasteiger partial charge in [0.1, 0.15) is 10.3 Å². The van der Waals surface area contributed by atoms with Crippen LogP contribution in [0.5, 0.6) is 0 Å². The minimum atomic E-state index is -0.369. The fraction of sp³-hybridized carbons (Fsp3) is 0.222. The van der Waals surface area contributed by atoms with Crippen molar-refractivity contribution in [3.05, 3.63) is 28.5 Å². The molecule has 3 amide bonds. The Labute approximate surface area is 94.6 Å². The molecule has 15 heavy (non-hydrogen) atoms. The molecule has 0 aromatic carbocycles. The average molecular weight is 270 g/mol. The normalized spacial score (nSPS) is 15.3. The summed E-state index contributed by atoms with van der Waals surface area (Å²) in [7, 11) is 0. The van der Waals surface area contributed by atoms with E-state index in [4.69, 9.17) is 0 Å². The van der Waals surface area contributed by atoms with Crippen LogP contribution < -0.4 is 5.32 Å². The molecule has 0 spiro atoms. The number of pyridine rings is 1. The van der Waals surface area contributed by atoms with Crippen molar-refractivity contribution in [2.75, 3.05) is 13.1 Å². The first-order chi connectivity index (χ1) is 7.18. The molecular weight excluding hydrogens is 262 g/mol. The van der Waals surface area contributed by atoms with Crippen LogP contribution in [0.2, 0.25) is 0 Å². The molecule has 1 saturated heterocycles. The van der Waals surface area contributed by atoms with E-state index in [9.17, 15) is 9.59 Å². The molecular formula is C9H8BrN3O2. The molecule has 0 bridgehead atoms. The minimum Gasteiger partial charge on any atom is -0.336 e. The Kier molecular flexibility index (Phi) is 2.68. The van der Waals surface area contributed by atoms with Gasteiger partial charge >= 0.3 is 6.03 Å². The van der Waals surface area contributed by atoms with Gasteiger partial charge < -0.3 is 5.32 Å². The van der Waals surface area contributed by atoms with Crippen LogP contribution in [0, 0.1) is 0 Å². The summed E-state index contributed by atoms with van der Waals surface area (Å²) in [6, 6.07) is 4.65. The molecule has 1 fully saturated rings. The van der Waals surface area contributed by atoms with Gasteiger partial charge in [-0.25, -0.2) is 9.78 Å². The largest absolute Gasteiger partial charge is 0.336 e. The smallest absolute Gasteiger partial charge is 0.324 e. The molecule has 1 N–H and O–H groups in total. The lowest BCUT2D eigenvalue weighted by Gasteiger charge is -2.10. The first kappa shape index (κ1) is 10.1. The quantitative estimate of drug-likeness (QED) is 0.774. The van der Waals surface area contributed by atoms with Gasteiger partial charge in [0, 0.05) is 13.1 Å². The Morgan fingerprint density at radius 1 is 1.53 bits per heavy atom. The maximum Gasteiger partial charge on any atom is 0.324 e. The van der Waals surface area contributed by atoms with E-state index < -0.39 is 0 Å². The third-order valence-electron chi connectivity index (χ3n) is 2.04. The number of carbonyl (C=O) groups excluding carboxylic acids is 2. The van der Waals surface area contributed by atoms with Crippen molar-refractivity contribution in [3.63, 3.8) is 0 Å². The van der Waals surface area contributed by atoms with Crippen molar-refractivity contribution >= 4 is 27.9 Å². The molecule has 0 saturated carbocycles. The number of hydrogen-bond acceptors (Lipinski definition) is 3. The van der Waals surface area contributed by atoms with E-state index in [0.717, 1.165) is 4.90 Å². The van der Waals surface area contributed by atoms with Gasteiger partial charge in [0.15, 0.2) is 0 Å². The molecule has 78 valence electrons. The zero-order valence-electron chi connectivity index (χ0n) is 7.74. The molecule has 0 radical (unpaired) electrons. The van der Waals surface area contributed by atoms with Gasteiger partial charge in [-0.3, -0.25) is 9.69 Å². The predicted octanol–water partition coefficient (Wildman–Crippen LogP) is 1.01. The highest BCUT2D eigenvalue weighted by atomic mass is 79.9. The average Bonchev–Trinajstić information content (AvgIpc) is 2.63. The first-order valence-corrected chi connectivity index (χ1v) is 5.20. The SMILES string of the molecule is O=C1NCCN1C(=O)c1cccc(Br)n1. The van der Waals surface area contributed by atoms with Crippen molar-refractivity contribution < 1.29 is 9.59 Å². The molecule has 0 atom stereocenters. The highest BCUT2D eigenvalue weighted by Gasteiger charge is 2.27. The molecule has 1 aliphatic rings. The summed E-state index contributed by atoms with van der Waals surface area (Å²) < 4.78 is 0.577. The summed E-state index contributed by atoms with van der Waals surface area (Å²) in [5.74, 6) is -0.369. The van der Waals surface area contributed by atoms with Gasteiger partial charge in [0.2, 0.25) is 0 Å². The van der Waals surface area contributed by atoms with E-state index in [0.29, 0.717) is 17.7 Å². The number of rotatable bonds is 1. The predicted molar refractivity (Wildman–Crippen MR) is 56.4 cm³/mol. The van der Waals surface area contributed by atoms with Gasteiger partial charge in [-0.2, -0.15) is 0 Å². The number of nitrogens with one attached hydrogen (secondary N) is 1. The highest BCUT2D eigenvalue weighted by Crippen LogP contribution is 2.10. The summed E-state index contributed by atoms with van der Waals surface area (Å²) in [4.78, 5) is 28.2. The molecule has 1 aromatic rings. The summed E-state index contributed by atoms with van der Waals surface area (Å²) >= 11 is 3.17. The maximum absolute atomic E-state index is 11.8. The van der Waals surface area contributed by atoms with Crippen molar-refractivity contribution in [3.8, 4) is 0 Å². The van der Waals surface area contributed by atoms with Crippen LogP contribution in [0.25, 0.3) is 0 Å². The van der Waals surface area contributed by atoms with Crippen LogP contribution in [0.15, 0.2) is 22.8 Å². The Hall–Kier alpha value is -1.43. The number of halogens is 1. The second kappa shape index (κ2) is 3.98. The summed E-state index contributed by atoms with van der Waals surface area (Å²) in [6.45, 7) is 0.893. The zero-order valence-corrected chi connectivity index (χ0v) is 9.32. The lowest BCUT2D eigenvalue weighted by molar-refractivity contribution is 0.0823. The fourth-order valence-electron chi connectivity index (χ4n) is 1.33. The number of imide groups is 1. The molecule has 1 aliphatic heterocycles. The van der Waals surface area contributed by atoms with Crippen LogP contribution in [0.4, 0.5) is 4.79 Å². The molecule has 2 heterocycles. The van der Waals surface area contributed by atoms with Crippen molar-refractivity contribution in [1.82, 2.24) is 15.2 Å². The standard InChI is InChI=1S/C9H8BrN3O2/c10-7-3-1-2-6(12-7)8(14)13-5-4-11-9(13)15/h1-3H,4-5H2,(H,11,15). The van der Waals surface area contributed by atoms with Crippen LogP contribution >= 0.6 is 15.9 Å². The summed E-state index contributed by atoms with van der Waals surface area (Å²) in [5, 5.41) is 2.56. The topological polar surface area (TPSA) is 62.3 Å². The molecule has 6 heteroatoms. The lowest BCUT2D eigenvalue weighted by atomic mass is 10.3. The summed E-state index contributed by atoms with van der Waals surface area (Å²) in [5.41, 5.74) is 0.265. The Bertz CT molecular complexity index is 422. The maximum atomic E-state index is 11.8. The second-order valence-electron chi connectivity index (χ2n) is 3.03. The van der Waals surface area contributed by atoms with Crippen molar-refractivity contribution in [1.29, 1.82) is 0 Å². The zero-order chi connectivity index (χ0) is 10.8. The molecule has 5 nitrogen and oxygen atoms in total. The number of urea groups is 1. The van der Waals surface area contributed by atoms with Crippen LogP contribution in [-0.4, -0.2) is 34.9 Å². The van der Waals surface area contributed by atoms with Crippen LogP contribution in [-0.2, 0) is 0 Å². The number of carbonyl (C=O) groups is 2. The minimum absolute atomic E-state index is 0.265. The van der Waals surface area contributed by atoms with E-state index >= 15 is 0 Å². The summed E-state index contributed by atoms with van der Waals surface area (Å²) in [6.07, 6.45) is 0. The van der Waals surface area contributed by atoms with Crippen molar-refractivity contribution in [2.24, 2.45) is 0 Å². The Morgan fingerprint density at radius 3 is 2.93 bits per heavy atom. The number of aromatic nitrogens is 1. The third-order valence-corrected chi connectivity index (χ3v) is 2.48. The van der Waals surface area contributed by atoms with E-state index in [1.165, 1.54) is 0 Å². The second-order valence-corrected chi connectivity index (χ2v) is 3.85. The Balaban J connectivity index is 2.24. The van der Waals surface area contributed by atoms with Crippen LogP contribution in [0.1, 0.15) is 10.5 Å². The van der Waals surface area contributed by atoms with E-state index in [1.54, 1.807) is 18.2 Å². The number of amides is 3. The lowest BCUT2D eigenvalue weighted by Crippen LogP contribution is -2.34. The Morgan fingerprint density at radius 2 is 2.33 bits per heavy atom. The van der Waals surface area contributed by atoms with Gasteiger partial charge in [-0.1, -0.05) is 6.07 Å². The van der Waals surface area contributed by atoms with Gasteiger partial charge in [-0.15, -0.1) is 0 Å². The fourth-order valence-corrected chi connectivity index (χ4v) is 1.67. The number of nitrogens with zero attached hydrogens (tertiary/aromatic N) is 2. The van der Waals surface area contributed by atoms with E-state index in [-0.39, 0.29) is 17.6 Å². The molecule has 0 unspecified atom stereocenters. The van der Waals surface area contributed by atoms with Gasteiger partial charge in [-0.05, 0) is 28.1 Å². The molecule has 1 aromatic heterocycles. The monoisotopic (exact) mass is 269 g/mol. The molecule has 2 rings (SSSR count). The van der Waals surface area contributed by atoms with E-state index in [1.807, 2.05) is 0 Å². The van der Waals surface area contributed by atoms with Gasteiger partial charge in [0.05, 0.1) is 0 Å². The molecule has 0 aliphatic carbocycles. The number of hydrogen-bond donors (Lipinski definition) is 1. The van der Waals surface area contributed by atoms with Crippen molar-refractivity contribution in [2.45, 2.75) is 0 Å². The van der Waals surface area contributed by atoms with Gasteiger partial charge in [0.25, 0.3) is 5.91 Å². The highest BCUT2D eigenvalue weighted by molar-refractivity contribution is 9.10. The van der Waals surface area contributed by atoms with E-state index in [2.05, 4.69) is 26.2 Å². The van der Waals surface area contributed by atoms with Crippen LogP contribution in [0.3, 0.4) is 0 Å². The first-order valence-electron chi connectivity index (χ1n) is 4.41. The third kappa shape index (κ3) is 1.99.